The SMILES string of the molecule is Cc1ccc(C(Cc2nnn(C)n2)c2ccccc2)cc1. The van der Waals surface area contributed by atoms with Gasteiger partial charge in [0.25, 0.3) is 0 Å². The molecular formula is C17H18N4. The van der Waals surface area contributed by atoms with E-state index < -0.39 is 0 Å². The summed E-state index contributed by atoms with van der Waals surface area (Å²) < 4.78 is 0. The summed E-state index contributed by atoms with van der Waals surface area (Å²) in [6.07, 6.45) is 0.751. The van der Waals surface area contributed by atoms with Crippen LogP contribution in [-0.2, 0) is 13.5 Å². The highest BCUT2D eigenvalue weighted by molar-refractivity contribution is 5.34. The monoisotopic (exact) mass is 278 g/mol. The average molecular weight is 278 g/mol. The molecule has 4 nitrogen and oxygen atoms in total. The number of aromatic nitrogens is 4. The van der Waals surface area contributed by atoms with Crippen LogP contribution in [0.1, 0.15) is 28.4 Å². The Balaban J connectivity index is 1.96. The summed E-state index contributed by atoms with van der Waals surface area (Å²) in [5, 5.41) is 12.4. The van der Waals surface area contributed by atoms with E-state index >= 15 is 0 Å². The second kappa shape index (κ2) is 5.87. The summed E-state index contributed by atoms with van der Waals surface area (Å²) in [5.74, 6) is 1.02. The number of benzene rings is 2. The first-order valence-corrected chi connectivity index (χ1v) is 7.07. The minimum atomic E-state index is 0.246. The van der Waals surface area contributed by atoms with E-state index in [0.717, 1.165) is 12.2 Å². The number of rotatable bonds is 4. The molecule has 0 fully saturated rings. The molecule has 106 valence electrons. The van der Waals surface area contributed by atoms with Crippen LogP contribution >= 0.6 is 0 Å². The van der Waals surface area contributed by atoms with E-state index in [1.54, 1.807) is 7.05 Å². The number of hydrogen-bond donors (Lipinski definition) is 0. The predicted octanol–water partition coefficient (Wildman–Crippen LogP) is 2.89. The van der Waals surface area contributed by atoms with Gasteiger partial charge in [-0.3, -0.25) is 0 Å². The molecule has 0 saturated carbocycles. The first kappa shape index (κ1) is 13.5. The van der Waals surface area contributed by atoms with E-state index in [2.05, 4.69) is 70.9 Å². The highest BCUT2D eigenvalue weighted by Gasteiger charge is 2.17. The van der Waals surface area contributed by atoms with Crippen molar-refractivity contribution in [3.63, 3.8) is 0 Å². The lowest BCUT2D eigenvalue weighted by atomic mass is 9.88. The van der Waals surface area contributed by atoms with Gasteiger partial charge in [0.2, 0.25) is 0 Å². The second-order valence-corrected chi connectivity index (χ2v) is 5.27. The zero-order valence-electron chi connectivity index (χ0n) is 12.3. The van der Waals surface area contributed by atoms with Crippen molar-refractivity contribution in [2.45, 2.75) is 19.3 Å². The summed E-state index contributed by atoms with van der Waals surface area (Å²) in [6, 6.07) is 19.1. The maximum Gasteiger partial charge on any atom is 0.175 e. The Kier molecular flexibility index (Phi) is 3.77. The molecule has 4 heteroatoms. The van der Waals surface area contributed by atoms with Gasteiger partial charge in [0.05, 0.1) is 7.05 Å². The van der Waals surface area contributed by atoms with Crippen molar-refractivity contribution in [3.8, 4) is 0 Å². The van der Waals surface area contributed by atoms with Crippen molar-refractivity contribution >= 4 is 0 Å². The Hall–Kier alpha value is -2.49. The third-order valence-corrected chi connectivity index (χ3v) is 3.62. The van der Waals surface area contributed by atoms with E-state index in [9.17, 15) is 0 Å². The molecule has 0 aliphatic heterocycles. The number of nitrogens with zero attached hydrogens (tertiary/aromatic N) is 4. The fourth-order valence-electron chi connectivity index (χ4n) is 2.50. The fourth-order valence-corrected chi connectivity index (χ4v) is 2.50. The van der Waals surface area contributed by atoms with Crippen LogP contribution in [0.2, 0.25) is 0 Å². The van der Waals surface area contributed by atoms with E-state index in [0.29, 0.717) is 0 Å². The number of hydrogen-bond acceptors (Lipinski definition) is 3. The van der Waals surface area contributed by atoms with Crippen LogP contribution < -0.4 is 0 Å². The Morgan fingerprint density at radius 1 is 0.952 bits per heavy atom. The van der Waals surface area contributed by atoms with E-state index in [-0.39, 0.29) is 5.92 Å². The molecule has 0 amide bonds. The van der Waals surface area contributed by atoms with Gasteiger partial charge < -0.3 is 0 Å². The van der Waals surface area contributed by atoms with Gasteiger partial charge in [0.1, 0.15) is 0 Å². The molecule has 0 N–H and O–H groups in total. The summed E-state index contributed by atoms with van der Waals surface area (Å²) >= 11 is 0. The van der Waals surface area contributed by atoms with Crippen LogP contribution in [0, 0.1) is 6.92 Å². The van der Waals surface area contributed by atoms with Crippen molar-refractivity contribution < 1.29 is 0 Å². The lowest BCUT2D eigenvalue weighted by Gasteiger charge is -2.16. The lowest BCUT2D eigenvalue weighted by molar-refractivity contribution is 0.625. The predicted molar refractivity (Wildman–Crippen MR) is 82.0 cm³/mol. The van der Waals surface area contributed by atoms with Crippen LogP contribution in [0.25, 0.3) is 0 Å². The number of tetrazole rings is 1. The standard InChI is InChI=1S/C17H18N4/c1-13-8-10-15(11-9-13)16(14-6-4-3-5-7-14)12-17-18-20-21(2)19-17/h3-11,16H,12H2,1-2H3. The minimum absolute atomic E-state index is 0.246. The van der Waals surface area contributed by atoms with Crippen molar-refractivity contribution in [2.75, 3.05) is 0 Å². The minimum Gasteiger partial charge on any atom is -0.167 e. The summed E-state index contributed by atoms with van der Waals surface area (Å²) in [6.45, 7) is 2.10. The Labute approximate surface area is 124 Å². The summed E-state index contributed by atoms with van der Waals surface area (Å²) in [7, 11) is 1.79. The molecule has 0 saturated heterocycles. The van der Waals surface area contributed by atoms with Crippen LogP contribution in [0.5, 0.6) is 0 Å². The Morgan fingerprint density at radius 3 is 2.24 bits per heavy atom. The van der Waals surface area contributed by atoms with Crippen molar-refractivity contribution in [2.24, 2.45) is 7.05 Å². The molecule has 21 heavy (non-hydrogen) atoms. The third kappa shape index (κ3) is 3.16. The van der Waals surface area contributed by atoms with Gasteiger partial charge in [-0.25, -0.2) is 0 Å². The fraction of sp³-hybridized carbons (Fsp3) is 0.235. The Bertz CT molecular complexity index is 701. The van der Waals surface area contributed by atoms with Crippen molar-refractivity contribution in [1.29, 1.82) is 0 Å². The summed E-state index contributed by atoms with van der Waals surface area (Å²) in [5.41, 5.74) is 3.82. The maximum atomic E-state index is 4.31. The smallest absolute Gasteiger partial charge is 0.167 e. The molecule has 0 aliphatic rings. The highest BCUT2D eigenvalue weighted by atomic mass is 15.6. The zero-order chi connectivity index (χ0) is 14.7. The largest absolute Gasteiger partial charge is 0.175 e. The third-order valence-electron chi connectivity index (χ3n) is 3.62. The quantitative estimate of drug-likeness (QED) is 0.737. The topological polar surface area (TPSA) is 43.6 Å². The van der Waals surface area contributed by atoms with Crippen LogP contribution in [-0.4, -0.2) is 20.2 Å². The maximum absolute atomic E-state index is 4.31. The van der Waals surface area contributed by atoms with Gasteiger partial charge in [-0.2, -0.15) is 4.80 Å². The highest BCUT2D eigenvalue weighted by Crippen LogP contribution is 2.27. The van der Waals surface area contributed by atoms with E-state index in [1.807, 2.05) is 6.07 Å². The van der Waals surface area contributed by atoms with E-state index in [1.165, 1.54) is 21.5 Å². The molecule has 1 unspecified atom stereocenters. The second-order valence-electron chi connectivity index (χ2n) is 5.27. The molecular weight excluding hydrogens is 260 g/mol. The summed E-state index contributed by atoms with van der Waals surface area (Å²) in [4.78, 5) is 1.51. The molecule has 1 heterocycles. The van der Waals surface area contributed by atoms with Crippen LogP contribution in [0.3, 0.4) is 0 Å². The number of aryl methyl sites for hydroxylation is 2. The van der Waals surface area contributed by atoms with Gasteiger partial charge in [-0.1, -0.05) is 60.2 Å². The van der Waals surface area contributed by atoms with Gasteiger partial charge in [-0.15, -0.1) is 10.2 Å². The lowest BCUT2D eigenvalue weighted by Crippen LogP contribution is -2.07. The molecule has 0 radical (unpaired) electrons. The molecule has 3 rings (SSSR count). The van der Waals surface area contributed by atoms with E-state index in [4.69, 9.17) is 0 Å². The van der Waals surface area contributed by atoms with Gasteiger partial charge in [0.15, 0.2) is 5.82 Å². The molecule has 0 aliphatic carbocycles. The Morgan fingerprint density at radius 2 is 1.62 bits per heavy atom. The van der Waals surface area contributed by atoms with Gasteiger partial charge in [0, 0.05) is 12.3 Å². The van der Waals surface area contributed by atoms with Crippen molar-refractivity contribution in [3.05, 3.63) is 77.1 Å². The first-order chi connectivity index (χ1) is 10.2. The van der Waals surface area contributed by atoms with Crippen molar-refractivity contribution in [1.82, 2.24) is 20.2 Å². The normalized spacial score (nSPS) is 12.3. The van der Waals surface area contributed by atoms with Gasteiger partial charge >= 0.3 is 0 Å². The molecule has 0 bridgehead atoms. The first-order valence-electron chi connectivity index (χ1n) is 7.07. The van der Waals surface area contributed by atoms with Crippen LogP contribution in [0.15, 0.2) is 54.6 Å². The molecule has 2 aromatic carbocycles. The average Bonchev–Trinajstić information content (AvgIpc) is 2.92. The molecule has 3 aromatic rings. The molecule has 0 spiro atoms. The molecule has 1 aromatic heterocycles. The van der Waals surface area contributed by atoms with Crippen LogP contribution in [0.4, 0.5) is 0 Å². The molecule has 1 atom stereocenters. The zero-order valence-corrected chi connectivity index (χ0v) is 12.3. The van der Waals surface area contributed by atoms with Gasteiger partial charge in [-0.05, 0) is 23.3 Å².